The van der Waals surface area contributed by atoms with Gasteiger partial charge in [-0.25, -0.2) is 0 Å². The molecule has 7 heteroatoms. The summed E-state index contributed by atoms with van der Waals surface area (Å²) < 4.78 is 5.89. The predicted octanol–water partition coefficient (Wildman–Crippen LogP) is 3.90. The molecule has 1 aliphatic heterocycles. The van der Waals surface area contributed by atoms with Crippen molar-refractivity contribution in [2.45, 2.75) is 33.1 Å². The molecule has 0 saturated carbocycles. The van der Waals surface area contributed by atoms with Crippen molar-refractivity contribution in [3.8, 4) is 5.75 Å². The van der Waals surface area contributed by atoms with E-state index in [9.17, 15) is 0 Å². The Morgan fingerprint density at radius 2 is 2.00 bits per heavy atom. The molecule has 1 saturated heterocycles. The average Bonchev–Trinajstić information content (AvgIpc) is 3.10. The molecule has 26 heavy (non-hydrogen) atoms. The average molecular weight is 375 g/mol. The summed E-state index contributed by atoms with van der Waals surface area (Å²) in [6, 6.07) is 7.93. The Kier molecular flexibility index (Phi) is 6.82. The van der Waals surface area contributed by atoms with Gasteiger partial charge in [0.1, 0.15) is 17.4 Å². The fourth-order valence-electron chi connectivity index (χ4n) is 2.99. The second kappa shape index (κ2) is 9.52. The zero-order valence-electron chi connectivity index (χ0n) is 15.4. The van der Waals surface area contributed by atoms with Gasteiger partial charge in [0.15, 0.2) is 0 Å². The van der Waals surface area contributed by atoms with Crippen LogP contribution in [0, 0.1) is 12.8 Å². The molecule has 1 aromatic carbocycles. The van der Waals surface area contributed by atoms with Crippen molar-refractivity contribution >= 4 is 22.7 Å². The van der Waals surface area contributed by atoms with Gasteiger partial charge >= 0.3 is 0 Å². The molecule has 0 amide bonds. The highest BCUT2D eigenvalue weighted by molar-refractivity contribution is 7.15. The smallest absolute Gasteiger partial charge is 0.208 e. The Morgan fingerprint density at radius 3 is 2.65 bits per heavy atom. The van der Waals surface area contributed by atoms with Crippen molar-refractivity contribution in [3.63, 3.8) is 0 Å². The van der Waals surface area contributed by atoms with Gasteiger partial charge in [-0.1, -0.05) is 16.5 Å². The summed E-state index contributed by atoms with van der Waals surface area (Å²) in [4.78, 5) is 7.32. The number of hydrogen-bond acceptors (Lipinski definition) is 7. The van der Waals surface area contributed by atoms with Crippen LogP contribution in [0.4, 0.5) is 5.13 Å². The third-order valence-corrected chi connectivity index (χ3v) is 5.38. The van der Waals surface area contributed by atoms with Crippen molar-refractivity contribution in [2.24, 2.45) is 11.1 Å². The van der Waals surface area contributed by atoms with E-state index in [0.29, 0.717) is 6.61 Å². The number of nitrogens with zero attached hydrogens (tertiary/aromatic N) is 4. The minimum atomic E-state index is 0.580. The lowest BCUT2D eigenvalue weighted by Gasteiger charge is -2.31. The largest absolute Gasteiger partial charge is 0.494 e. The molecule has 2 heterocycles. The van der Waals surface area contributed by atoms with Crippen LogP contribution in [-0.4, -0.2) is 42.7 Å². The quantitative estimate of drug-likeness (QED) is 0.518. The van der Waals surface area contributed by atoms with Gasteiger partial charge in [0, 0.05) is 13.1 Å². The van der Waals surface area contributed by atoms with E-state index in [1.165, 1.54) is 12.8 Å². The van der Waals surface area contributed by atoms with Crippen LogP contribution < -0.4 is 9.64 Å². The molecule has 0 atom stereocenters. The molecule has 0 spiro atoms. The zero-order chi connectivity index (χ0) is 18.2. The van der Waals surface area contributed by atoms with Gasteiger partial charge < -0.3 is 14.5 Å². The fraction of sp³-hybridized carbons (Fsp3) is 0.526. The number of piperidine rings is 1. The summed E-state index contributed by atoms with van der Waals surface area (Å²) in [7, 11) is 0. The first-order valence-corrected chi connectivity index (χ1v) is 9.99. The molecule has 1 aromatic heterocycles. The molecule has 1 fully saturated rings. The summed E-state index contributed by atoms with van der Waals surface area (Å²) in [6.45, 7) is 7.38. The molecule has 0 N–H and O–H groups in total. The Hall–Kier alpha value is -2.15. The second-order valence-electron chi connectivity index (χ2n) is 6.39. The van der Waals surface area contributed by atoms with E-state index in [-0.39, 0.29) is 0 Å². The summed E-state index contributed by atoms with van der Waals surface area (Å²) >= 11 is 1.68. The summed E-state index contributed by atoms with van der Waals surface area (Å²) in [5.74, 6) is 1.62. The van der Waals surface area contributed by atoms with Crippen LogP contribution in [0.25, 0.3) is 0 Å². The highest BCUT2D eigenvalue weighted by Gasteiger charge is 2.21. The molecule has 1 aliphatic rings. The zero-order valence-corrected chi connectivity index (χ0v) is 16.2. The summed E-state index contributed by atoms with van der Waals surface area (Å²) in [6.07, 6.45) is 5.18. The number of ether oxygens (including phenoxy) is 1. The van der Waals surface area contributed by atoms with Crippen LogP contribution in [0.2, 0.25) is 0 Å². The first-order valence-electron chi connectivity index (χ1n) is 9.18. The molecule has 0 bridgehead atoms. The Balaban J connectivity index is 1.36. The number of aryl methyl sites for hydroxylation is 1. The van der Waals surface area contributed by atoms with Gasteiger partial charge in [0.2, 0.25) is 5.13 Å². The Labute approximate surface area is 158 Å². The molecular weight excluding hydrogens is 348 g/mol. The number of aromatic nitrogens is 2. The number of benzene rings is 1. The lowest BCUT2D eigenvalue weighted by atomic mass is 9.94. The Bertz CT molecular complexity index is 694. The first-order chi connectivity index (χ1) is 12.7. The van der Waals surface area contributed by atoms with Crippen molar-refractivity contribution in [1.82, 2.24) is 10.2 Å². The van der Waals surface area contributed by atoms with Crippen LogP contribution in [0.3, 0.4) is 0 Å². The third kappa shape index (κ3) is 5.42. The highest BCUT2D eigenvalue weighted by atomic mass is 32.1. The van der Waals surface area contributed by atoms with Crippen molar-refractivity contribution < 1.29 is 9.57 Å². The first kappa shape index (κ1) is 18.6. The van der Waals surface area contributed by atoms with Gasteiger partial charge in [0.05, 0.1) is 12.8 Å². The minimum Gasteiger partial charge on any atom is -0.494 e. The van der Waals surface area contributed by atoms with Crippen molar-refractivity contribution in [1.29, 1.82) is 0 Å². The van der Waals surface area contributed by atoms with Gasteiger partial charge in [-0.05, 0) is 68.9 Å². The molecule has 2 aromatic rings. The highest BCUT2D eigenvalue weighted by Crippen LogP contribution is 2.27. The van der Waals surface area contributed by atoms with Crippen LogP contribution in [0.5, 0.6) is 5.75 Å². The van der Waals surface area contributed by atoms with Crippen LogP contribution >= 0.6 is 11.3 Å². The van der Waals surface area contributed by atoms with Crippen LogP contribution in [-0.2, 0) is 4.84 Å². The van der Waals surface area contributed by atoms with E-state index in [1.54, 1.807) is 17.6 Å². The number of oxime groups is 1. The monoisotopic (exact) mass is 374 g/mol. The molecular formula is C19H26N4O2S. The van der Waals surface area contributed by atoms with E-state index in [1.807, 2.05) is 38.1 Å². The van der Waals surface area contributed by atoms with E-state index in [2.05, 4.69) is 20.3 Å². The SMILES string of the molecule is CCON=Cc1ccc(OCCC2CCN(c3nnc(C)s3)CC2)cc1. The van der Waals surface area contributed by atoms with Crippen LogP contribution in [0.15, 0.2) is 29.4 Å². The van der Waals surface area contributed by atoms with Crippen LogP contribution in [0.1, 0.15) is 36.8 Å². The van der Waals surface area contributed by atoms with Crippen molar-refractivity contribution in [3.05, 3.63) is 34.8 Å². The topological polar surface area (TPSA) is 59.8 Å². The van der Waals surface area contributed by atoms with E-state index in [0.717, 1.165) is 53.5 Å². The van der Waals surface area contributed by atoms with Crippen molar-refractivity contribution in [2.75, 3.05) is 31.2 Å². The molecule has 0 aliphatic carbocycles. The molecule has 0 unspecified atom stereocenters. The number of rotatable bonds is 8. The predicted molar refractivity (Wildman–Crippen MR) is 105 cm³/mol. The lowest BCUT2D eigenvalue weighted by molar-refractivity contribution is 0.160. The van der Waals surface area contributed by atoms with E-state index < -0.39 is 0 Å². The van der Waals surface area contributed by atoms with Gasteiger partial charge in [-0.2, -0.15) is 0 Å². The Morgan fingerprint density at radius 1 is 1.23 bits per heavy atom. The standard InChI is InChI=1S/C19H26N4O2S/c1-3-25-20-14-17-4-6-18(7-5-17)24-13-10-16-8-11-23(12-9-16)19-22-21-15(2)26-19/h4-7,14,16H,3,8-13H2,1-2H3. The fourth-order valence-corrected chi connectivity index (χ4v) is 3.73. The summed E-state index contributed by atoms with van der Waals surface area (Å²) in [5, 5.41) is 14.3. The maximum absolute atomic E-state index is 5.89. The molecule has 140 valence electrons. The second-order valence-corrected chi connectivity index (χ2v) is 7.55. The van der Waals surface area contributed by atoms with E-state index >= 15 is 0 Å². The molecule has 6 nitrogen and oxygen atoms in total. The number of anilines is 1. The number of hydrogen-bond donors (Lipinski definition) is 0. The molecule has 3 rings (SSSR count). The third-order valence-electron chi connectivity index (χ3n) is 4.48. The lowest BCUT2D eigenvalue weighted by Crippen LogP contribution is -2.34. The van der Waals surface area contributed by atoms with Gasteiger partial charge in [-0.15, -0.1) is 10.2 Å². The van der Waals surface area contributed by atoms with Gasteiger partial charge in [0.25, 0.3) is 0 Å². The van der Waals surface area contributed by atoms with Gasteiger partial charge in [-0.3, -0.25) is 0 Å². The maximum atomic E-state index is 5.89. The summed E-state index contributed by atoms with van der Waals surface area (Å²) in [5.41, 5.74) is 1.00. The normalized spacial score (nSPS) is 15.5. The van der Waals surface area contributed by atoms with E-state index in [4.69, 9.17) is 9.57 Å². The maximum Gasteiger partial charge on any atom is 0.208 e. The minimum absolute atomic E-state index is 0.580. The molecule has 0 radical (unpaired) electrons.